The van der Waals surface area contributed by atoms with E-state index in [1.807, 2.05) is 54.4 Å². The standard InChI is InChI=1S/C26H25N5O2/c1-17-5-2-3-7-20(17)13-28-26(33)19-8-4-6-18(11-19)12-24(32)31-10-9-22-21(16-31)14-27-25-23(22)15-29-30-25/h2-8,11,14-15H,9-10,12-13,16H2,1H3,(H,28,33)(H,27,29,30). The predicted molar refractivity (Wildman–Crippen MR) is 126 cm³/mol. The van der Waals surface area contributed by atoms with E-state index in [0.717, 1.165) is 39.7 Å². The van der Waals surface area contributed by atoms with Crippen LogP contribution in [0.4, 0.5) is 0 Å². The lowest BCUT2D eigenvalue weighted by atomic mass is 9.98. The van der Waals surface area contributed by atoms with Gasteiger partial charge in [-0.05, 0) is 53.3 Å². The van der Waals surface area contributed by atoms with Gasteiger partial charge in [0.25, 0.3) is 5.91 Å². The summed E-state index contributed by atoms with van der Waals surface area (Å²) in [6.45, 7) is 3.70. The van der Waals surface area contributed by atoms with Crippen LogP contribution in [0.2, 0.25) is 0 Å². The van der Waals surface area contributed by atoms with Gasteiger partial charge in [0.05, 0.1) is 12.6 Å². The van der Waals surface area contributed by atoms with Crippen molar-refractivity contribution in [3.05, 3.63) is 94.3 Å². The van der Waals surface area contributed by atoms with Crippen LogP contribution in [0.3, 0.4) is 0 Å². The summed E-state index contributed by atoms with van der Waals surface area (Å²) in [7, 11) is 0. The highest BCUT2D eigenvalue weighted by Gasteiger charge is 2.23. The van der Waals surface area contributed by atoms with Crippen molar-refractivity contribution in [2.24, 2.45) is 0 Å². The van der Waals surface area contributed by atoms with Gasteiger partial charge in [0, 0.05) is 36.8 Å². The number of hydrogen-bond donors (Lipinski definition) is 2. The molecule has 166 valence electrons. The summed E-state index contributed by atoms with van der Waals surface area (Å²) in [5.74, 6) is -0.0972. The Morgan fingerprint density at radius 2 is 2.00 bits per heavy atom. The number of pyridine rings is 1. The second-order valence-electron chi connectivity index (χ2n) is 8.45. The normalized spacial score (nSPS) is 13.1. The van der Waals surface area contributed by atoms with Gasteiger partial charge in [-0.25, -0.2) is 4.98 Å². The molecule has 0 atom stereocenters. The fourth-order valence-corrected chi connectivity index (χ4v) is 4.36. The molecule has 5 rings (SSSR count). The quantitative estimate of drug-likeness (QED) is 0.499. The molecule has 1 aliphatic rings. The Balaban J connectivity index is 1.23. The van der Waals surface area contributed by atoms with Gasteiger partial charge in [-0.15, -0.1) is 0 Å². The van der Waals surface area contributed by atoms with Gasteiger partial charge in [-0.2, -0.15) is 5.10 Å². The Morgan fingerprint density at radius 1 is 1.12 bits per heavy atom. The smallest absolute Gasteiger partial charge is 0.251 e. The first-order valence-electron chi connectivity index (χ1n) is 11.1. The molecule has 33 heavy (non-hydrogen) atoms. The third-order valence-corrected chi connectivity index (χ3v) is 6.27. The van der Waals surface area contributed by atoms with Crippen molar-refractivity contribution in [1.29, 1.82) is 0 Å². The van der Waals surface area contributed by atoms with Crippen LogP contribution in [0.15, 0.2) is 60.9 Å². The van der Waals surface area contributed by atoms with Gasteiger partial charge in [0.15, 0.2) is 5.65 Å². The van der Waals surface area contributed by atoms with Crippen LogP contribution in [0.25, 0.3) is 11.0 Å². The minimum absolute atomic E-state index is 0.0467. The molecule has 2 aromatic carbocycles. The maximum atomic E-state index is 13.0. The second kappa shape index (κ2) is 8.86. The van der Waals surface area contributed by atoms with Crippen LogP contribution in [-0.2, 0) is 30.7 Å². The first-order valence-corrected chi connectivity index (χ1v) is 11.1. The summed E-state index contributed by atoms with van der Waals surface area (Å²) < 4.78 is 0. The van der Waals surface area contributed by atoms with E-state index in [1.165, 1.54) is 5.56 Å². The summed E-state index contributed by atoms with van der Waals surface area (Å²) in [4.78, 5) is 31.9. The number of nitrogens with one attached hydrogen (secondary N) is 2. The monoisotopic (exact) mass is 439 g/mol. The van der Waals surface area contributed by atoms with E-state index in [0.29, 0.717) is 25.2 Å². The van der Waals surface area contributed by atoms with E-state index in [4.69, 9.17) is 0 Å². The minimum atomic E-state index is -0.144. The van der Waals surface area contributed by atoms with Crippen molar-refractivity contribution >= 4 is 22.8 Å². The second-order valence-corrected chi connectivity index (χ2v) is 8.45. The number of hydrogen-bond acceptors (Lipinski definition) is 4. The van der Waals surface area contributed by atoms with E-state index < -0.39 is 0 Å². The van der Waals surface area contributed by atoms with Gasteiger partial charge in [0.2, 0.25) is 5.91 Å². The van der Waals surface area contributed by atoms with Crippen LogP contribution < -0.4 is 5.32 Å². The molecule has 7 heteroatoms. The lowest BCUT2D eigenvalue weighted by Crippen LogP contribution is -2.37. The molecule has 0 radical (unpaired) electrons. The van der Waals surface area contributed by atoms with E-state index in [1.54, 1.807) is 18.3 Å². The molecule has 0 aliphatic carbocycles. The number of carbonyl (C=O) groups is 2. The number of aryl methyl sites for hydroxylation is 1. The zero-order chi connectivity index (χ0) is 22.8. The van der Waals surface area contributed by atoms with Crippen LogP contribution in [0, 0.1) is 6.92 Å². The lowest BCUT2D eigenvalue weighted by Gasteiger charge is -2.29. The highest BCUT2D eigenvalue weighted by Crippen LogP contribution is 2.25. The topological polar surface area (TPSA) is 91.0 Å². The number of rotatable bonds is 5. The summed E-state index contributed by atoms with van der Waals surface area (Å²) in [6, 6.07) is 15.3. The molecule has 0 saturated carbocycles. The lowest BCUT2D eigenvalue weighted by molar-refractivity contribution is -0.131. The van der Waals surface area contributed by atoms with E-state index in [-0.39, 0.29) is 18.2 Å². The Kier molecular flexibility index (Phi) is 5.60. The number of fused-ring (bicyclic) bond motifs is 3. The van der Waals surface area contributed by atoms with Gasteiger partial charge in [0.1, 0.15) is 0 Å². The van der Waals surface area contributed by atoms with Crippen LogP contribution >= 0.6 is 0 Å². The molecule has 4 aromatic rings. The third kappa shape index (κ3) is 4.35. The Bertz CT molecular complexity index is 1340. The minimum Gasteiger partial charge on any atom is -0.348 e. The van der Waals surface area contributed by atoms with Gasteiger partial charge in [-0.3, -0.25) is 14.7 Å². The first kappa shape index (κ1) is 20.9. The van der Waals surface area contributed by atoms with Gasteiger partial charge in [-0.1, -0.05) is 36.4 Å². The average molecular weight is 440 g/mol. The van der Waals surface area contributed by atoms with E-state index >= 15 is 0 Å². The molecule has 0 bridgehead atoms. The number of aromatic nitrogens is 3. The highest BCUT2D eigenvalue weighted by molar-refractivity contribution is 5.94. The number of nitrogens with zero attached hydrogens (tertiary/aromatic N) is 3. The molecule has 0 saturated heterocycles. The van der Waals surface area contributed by atoms with Crippen molar-refractivity contribution in [3.8, 4) is 0 Å². The molecule has 3 heterocycles. The van der Waals surface area contributed by atoms with Crippen molar-refractivity contribution < 1.29 is 9.59 Å². The summed E-state index contributed by atoms with van der Waals surface area (Å²) in [5, 5.41) is 11.0. The summed E-state index contributed by atoms with van der Waals surface area (Å²) in [5.41, 5.74) is 6.68. The molecular formula is C26H25N5O2. The highest BCUT2D eigenvalue weighted by atomic mass is 16.2. The number of amides is 2. The number of carbonyl (C=O) groups excluding carboxylic acids is 2. The maximum Gasteiger partial charge on any atom is 0.251 e. The summed E-state index contributed by atoms with van der Waals surface area (Å²) in [6.07, 6.45) is 4.67. The molecule has 1 aliphatic heterocycles. The molecule has 0 spiro atoms. The van der Waals surface area contributed by atoms with Gasteiger partial charge < -0.3 is 10.2 Å². The molecule has 0 unspecified atom stereocenters. The molecular weight excluding hydrogens is 414 g/mol. The largest absolute Gasteiger partial charge is 0.348 e. The molecule has 7 nitrogen and oxygen atoms in total. The molecule has 2 N–H and O–H groups in total. The first-order chi connectivity index (χ1) is 16.1. The van der Waals surface area contributed by atoms with Crippen LogP contribution in [-0.4, -0.2) is 38.4 Å². The fourth-order valence-electron chi connectivity index (χ4n) is 4.36. The SMILES string of the molecule is Cc1ccccc1CNC(=O)c1cccc(CC(=O)N2CCc3c(cnc4[nH]ncc34)C2)c1. The van der Waals surface area contributed by atoms with Crippen molar-refractivity contribution in [1.82, 2.24) is 25.4 Å². The maximum absolute atomic E-state index is 13.0. The Hall–Kier alpha value is -4.00. The van der Waals surface area contributed by atoms with E-state index in [9.17, 15) is 9.59 Å². The zero-order valence-electron chi connectivity index (χ0n) is 18.5. The summed E-state index contributed by atoms with van der Waals surface area (Å²) >= 11 is 0. The molecule has 2 amide bonds. The van der Waals surface area contributed by atoms with Gasteiger partial charge >= 0.3 is 0 Å². The van der Waals surface area contributed by atoms with E-state index in [2.05, 4.69) is 20.5 Å². The van der Waals surface area contributed by atoms with Crippen molar-refractivity contribution in [3.63, 3.8) is 0 Å². The zero-order valence-corrected chi connectivity index (χ0v) is 18.5. The Morgan fingerprint density at radius 3 is 2.88 bits per heavy atom. The predicted octanol–water partition coefficient (Wildman–Crippen LogP) is 3.32. The fraction of sp³-hybridized carbons (Fsp3) is 0.231. The molecule has 2 aromatic heterocycles. The average Bonchev–Trinajstić information content (AvgIpc) is 3.32. The Labute approximate surface area is 191 Å². The number of benzene rings is 2. The van der Waals surface area contributed by atoms with Crippen LogP contribution in [0.1, 0.15) is 38.2 Å². The molecule has 0 fully saturated rings. The van der Waals surface area contributed by atoms with Crippen molar-refractivity contribution in [2.45, 2.75) is 32.9 Å². The van der Waals surface area contributed by atoms with Crippen molar-refractivity contribution in [2.75, 3.05) is 6.54 Å². The third-order valence-electron chi connectivity index (χ3n) is 6.27. The number of aromatic amines is 1. The number of H-pyrrole nitrogens is 1. The van der Waals surface area contributed by atoms with Crippen LogP contribution in [0.5, 0.6) is 0 Å².